The second kappa shape index (κ2) is 4.23. The predicted molar refractivity (Wildman–Crippen MR) is 58.7 cm³/mol. The molecule has 4 heteroatoms. The largest absolute Gasteiger partial charge is 0.362 e. The second-order valence-electron chi connectivity index (χ2n) is 3.67. The summed E-state index contributed by atoms with van der Waals surface area (Å²) in [5.74, 6) is -0.757. The molecule has 1 nitrogen and oxygen atoms in total. The zero-order chi connectivity index (χ0) is 10.8. The molecule has 1 aliphatic rings. The molecule has 1 fully saturated rings. The molecular formula is C11H11F2NS. The van der Waals surface area contributed by atoms with E-state index in [1.54, 1.807) is 0 Å². The van der Waals surface area contributed by atoms with E-state index in [0.717, 1.165) is 25.5 Å². The van der Waals surface area contributed by atoms with Crippen LogP contribution in [0, 0.1) is 11.6 Å². The molecule has 0 aromatic heterocycles. The molecule has 0 aliphatic carbocycles. The molecule has 0 amide bonds. The minimum atomic E-state index is -0.400. The third kappa shape index (κ3) is 2.00. The Balaban J connectivity index is 2.35. The second-order valence-corrected chi connectivity index (χ2v) is 3.88. The first kappa shape index (κ1) is 10.5. The van der Waals surface area contributed by atoms with Crippen molar-refractivity contribution < 1.29 is 8.78 Å². The van der Waals surface area contributed by atoms with Crippen LogP contribution >= 0.6 is 12.2 Å². The predicted octanol–water partition coefficient (Wildman–Crippen LogP) is 3.06. The summed E-state index contributed by atoms with van der Waals surface area (Å²) in [6.07, 6.45) is 1.79. The highest BCUT2D eigenvalue weighted by Crippen LogP contribution is 2.32. The van der Waals surface area contributed by atoms with Gasteiger partial charge in [-0.2, -0.15) is 0 Å². The third-order valence-corrected chi connectivity index (χ3v) is 3.02. The molecule has 0 radical (unpaired) electrons. The van der Waals surface area contributed by atoms with Crippen LogP contribution < -0.4 is 0 Å². The first-order valence-electron chi connectivity index (χ1n) is 4.88. The average molecular weight is 227 g/mol. The minimum absolute atomic E-state index is 0.0989. The van der Waals surface area contributed by atoms with Gasteiger partial charge in [0, 0.05) is 12.1 Å². The van der Waals surface area contributed by atoms with Gasteiger partial charge in [-0.25, -0.2) is 8.78 Å². The van der Waals surface area contributed by atoms with Crippen molar-refractivity contribution in [3.8, 4) is 0 Å². The zero-order valence-corrected chi connectivity index (χ0v) is 8.94. The summed E-state index contributed by atoms with van der Waals surface area (Å²) in [5, 5.41) is 0. The fraction of sp³-hybridized carbons (Fsp3) is 0.364. The Labute approximate surface area is 92.7 Å². The summed E-state index contributed by atoms with van der Waals surface area (Å²) in [7, 11) is 0. The highest BCUT2D eigenvalue weighted by Gasteiger charge is 2.26. The van der Waals surface area contributed by atoms with Crippen molar-refractivity contribution in [3.63, 3.8) is 0 Å². The summed E-state index contributed by atoms with van der Waals surface area (Å²) in [6.45, 7) is 0.824. The van der Waals surface area contributed by atoms with Crippen LogP contribution in [0.4, 0.5) is 8.78 Å². The van der Waals surface area contributed by atoms with Crippen LogP contribution in [0.25, 0.3) is 0 Å². The molecule has 1 saturated heterocycles. The normalized spacial score (nSPS) is 20.7. The van der Waals surface area contributed by atoms with Gasteiger partial charge in [0.2, 0.25) is 0 Å². The Kier molecular flexibility index (Phi) is 2.95. The van der Waals surface area contributed by atoms with Crippen molar-refractivity contribution >= 4 is 17.7 Å². The van der Waals surface area contributed by atoms with Crippen LogP contribution in [-0.4, -0.2) is 16.9 Å². The van der Waals surface area contributed by atoms with Crippen LogP contribution in [0.3, 0.4) is 0 Å². The number of nitrogens with zero attached hydrogens (tertiary/aromatic N) is 1. The van der Waals surface area contributed by atoms with E-state index in [-0.39, 0.29) is 11.9 Å². The van der Waals surface area contributed by atoms with Gasteiger partial charge < -0.3 is 4.90 Å². The Morgan fingerprint density at radius 2 is 2.20 bits per heavy atom. The van der Waals surface area contributed by atoms with E-state index in [9.17, 15) is 8.78 Å². The van der Waals surface area contributed by atoms with Crippen LogP contribution in [0.15, 0.2) is 18.2 Å². The molecule has 0 unspecified atom stereocenters. The van der Waals surface area contributed by atoms with Gasteiger partial charge in [0.1, 0.15) is 11.6 Å². The first-order chi connectivity index (χ1) is 7.22. The van der Waals surface area contributed by atoms with Crippen LogP contribution in [0.1, 0.15) is 24.4 Å². The third-order valence-electron chi connectivity index (χ3n) is 2.75. The van der Waals surface area contributed by atoms with Crippen molar-refractivity contribution in [2.45, 2.75) is 18.9 Å². The van der Waals surface area contributed by atoms with Crippen molar-refractivity contribution in [1.29, 1.82) is 0 Å². The van der Waals surface area contributed by atoms with Gasteiger partial charge in [0.15, 0.2) is 0 Å². The van der Waals surface area contributed by atoms with E-state index in [4.69, 9.17) is 12.2 Å². The Bertz CT molecular complexity index is 381. The number of rotatable bonds is 2. The van der Waals surface area contributed by atoms with E-state index >= 15 is 0 Å². The number of thiocarbonyl (C=S) groups is 1. The molecule has 15 heavy (non-hydrogen) atoms. The van der Waals surface area contributed by atoms with Crippen molar-refractivity contribution in [3.05, 3.63) is 35.4 Å². The van der Waals surface area contributed by atoms with E-state index < -0.39 is 5.82 Å². The summed E-state index contributed by atoms with van der Waals surface area (Å²) in [6, 6.07) is 3.47. The maximum atomic E-state index is 13.5. The molecular weight excluding hydrogens is 216 g/mol. The van der Waals surface area contributed by atoms with Crippen molar-refractivity contribution in [2.75, 3.05) is 6.54 Å². The molecule has 0 N–H and O–H groups in total. The van der Waals surface area contributed by atoms with Gasteiger partial charge in [0.05, 0.1) is 11.5 Å². The lowest BCUT2D eigenvalue weighted by Crippen LogP contribution is -2.21. The van der Waals surface area contributed by atoms with Gasteiger partial charge in [0.25, 0.3) is 0 Å². The first-order valence-corrected chi connectivity index (χ1v) is 5.35. The molecule has 1 aliphatic heterocycles. The number of likely N-dealkylation sites (tertiary alicyclic amines) is 1. The van der Waals surface area contributed by atoms with E-state index in [2.05, 4.69) is 0 Å². The Hall–Kier alpha value is -1.03. The molecule has 0 saturated carbocycles. The van der Waals surface area contributed by atoms with Gasteiger partial charge in [-0.3, -0.25) is 0 Å². The Morgan fingerprint density at radius 3 is 2.93 bits per heavy atom. The molecule has 1 aromatic rings. The SMILES string of the molecule is Fc1ccc(F)c([C@H]2CCCN2C=S)c1. The van der Waals surface area contributed by atoms with Crippen LogP contribution in [0.5, 0.6) is 0 Å². The fourth-order valence-electron chi connectivity index (χ4n) is 2.02. The molecule has 1 heterocycles. The van der Waals surface area contributed by atoms with Crippen molar-refractivity contribution in [1.82, 2.24) is 4.90 Å². The molecule has 2 rings (SSSR count). The van der Waals surface area contributed by atoms with Gasteiger partial charge >= 0.3 is 0 Å². The minimum Gasteiger partial charge on any atom is -0.362 e. The maximum Gasteiger partial charge on any atom is 0.128 e. The average Bonchev–Trinajstić information content (AvgIpc) is 2.69. The molecule has 1 atom stereocenters. The number of benzene rings is 1. The summed E-state index contributed by atoms with van der Waals surface area (Å²) < 4.78 is 26.5. The lowest BCUT2D eigenvalue weighted by Gasteiger charge is -2.22. The smallest absolute Gasteiger partial charge is 0.128 e. The quantitative estimate of drug-likeness (QED) is 0.714. The molecule has 1 aromatic carbocycles. The monoisotopic (exact) mass is 227 g/mol. The topological polar surface area (TPSA) is 3.24 Å². The fourth-order valence-corrected chi connectivity index (χ4v) is 2.27. The van der Waals surface area contributed by atoms with Gasteiger partial charge in [-0.05, 0) is 31.0 Å². The highest BCUT2D eigenvalue weighted by molar-refractivity contribution is 7.78. The maximum absolute atomic E-state index is 13.5. The molecule has 80 valence electrons. The van der Waals surface area contributed by atoms with E-state index in [0.29, 0.717) is 5.56 Å². The van der Waals surface area contributed by atoms with E-state index in [1.165, 1.54) is 17.6 Å². The number of hydrogen-bond acceptors (Lipinski definition) is 1. The summed E-state index contributed by atoms with van der Waals surface area (Å²) in [4.78, 5) is 1.88. The number of hydrogen-bond donors (Lipinski definition) is 0. The van der Waals surface area contributed by atoms with Gasteiger partial charge in [-0.1, -0.05) is 12.2 Å². The number of halogens is 2. The lowest BCUT2D eigenvalue weighted by atomic mass is 10.0. The Morgan fingerprint density at radius 1 is 1.40 bits per heavy atom. The van der Waals surface area contributed by atoms with Crippen LogP contribution in [0.2, 0.25) is 0 Å². The van der Waals surface area contributed by atoms with Crippen LogP contribution in [-0.2, 0) is 0 Å². The molecule has 0 bridgehead atoms. The summed E-state index contributed by atoms with van der Waals surface area (Å²) >= 11 is 4.85. The van der Waals surface area contributed by atoms with Gasteiger partial charge in [-0.15, -0.1) is 0 Å². The van der Waals surface area contributed by atoms with Crippen molar-refractivity contribution in [2.24, 2.45) is 0 Å². The lowest BCUT2D eigenvalue weighted by molar-refractivity contribution is 0.401. The zero-order valence-electron chi connectivity index (χ0n) is 8.12. The molecule has 0 spiro atoms. The standard InChI is InChI=1S/C11H11F2NS/c12-8-3-4-10(13)9(6-8)11-2-1-5-14(11)7-15/h3-4,6-7,11H,1-2,5H2/t11-/m1/s1. The van der Waals surface area contributed by atoms with E-state index in [1.807, 2.05) is 4.90 Å². The summed E-state index contributed by atoms with van der Waals surface area (Å²) in [5.41, 5.74) is 1.94. The highest BCUT2D eigenvalue weighted by atomic mass is 32.1.